The second kappa shape index (κ2) is 5.70. The van der Waals surface area contributed by atoms with Gasteiger partial charge >= 0.3 is 0 Å². The lowest BCUT2D eigenvalue weighted by molar-refractivity contribution is 0.711. The Hall–Kier alpha value is -1.06. The average Bonchev–Trinajstić information content (AvgIpc) is 1.85. The molecule has 0 saturated carbocycles. The van der Waals surface area contributed by atoms with Crippen LogP contribution in [0.5, 0.6) is 0 Å². The minimum Gasteiger partial charge on any atom is -0.388 e. The Morgan fingerprint density at radius 3 is 1.45 bits per heavy atom. The minimum absolute atomic E-state index is 0.243. The van der Waals surface area contributed by atoms with Gasteiger partial charge in [-0.25, -0.2) is 0 Å². The van der Waals surface area contributed by atoms with E-state index in [-0.39, 0.29) is 11.7 Å². The van der Waals surface area contributed by atoms with Gasteiger partial charge in [-0.1, -0.05) is 6.42 Å². The summed E-state index contributed by atoms with van der Waals surface area (Å²) in [6.07, 6.45) is 4.19. The van der Waals surface area contributed by atoms with Crippen molar-refractivity contribution in [2.75, 3.05) is 0 Å². The van der Waals surface area contributed by atoms with E-state index in [0.29, 0.717) is 12.8 Å². The number of unbranched alkanes of at least 4 members (excludes halogenated alkanes) is 2. The standard InChI is InChI=1S/C7H16N4/c8-6(9)4-2-1-3-5-7(10)11/h1-5H2,(H3,8,9)(H3,10,11). The van der Waals surface area contributed by atoms with Crippen LogP contribution in [0.25, 0.3) is 0 Å². The van der Waals surface area contributed by atoms with Crippen molar-refractivity contribution in [2.45, 2.75) is 32.1 Å². The van der Waals surface area contributed by atoms with Crippen molar-refractivity contribution in [1.29, 1.82) is 10.8 Å². The number of rotatable bonds is 6. The van der Waals surface area contributed by atoms with Gasteiger partial charge in [0.1, 0.15) is 0 Å². The molecule has 0 radical (unpaired) electrons. The fourth-order valence-corrected chi connectivity index (χ4v) is 0.808. The van der Waals surface area contributed by atoms with Crippen LogP contribution in [0, 0.1) is 10.8 Å². The Kier molecular flexibility index (Phi) is 5.15. The number of nitrogens with two attached hydrogens (primary N) is 2. The summed E-state index contributed by atoms with van der Waals surface area (Å²) in [6.45, 7) is 0. The third-order valence-corrected chi connectivity index (χ3v) is 1.39. The van der Waals surface area contributed by atoms with E-state index in [1.807, 2.05) is 0 Å². The molecule has 0 atom stereocenters. The maximum Gasteiger partial charge on any atom is 0.0905 e. The zero-order valence-corrected chi connectivity index (χ0v) is 6.69. The molecule has 6 N–H and O–H groups in total. The average molecular weight is 156 g/mol. The maximum absolute atomic E-state index is 6.93. The summed E-state index contributed by atoms with van der Waals surface area (Å²) in [6, 6.07) is 0. The van der Waals surface area contributed by atoms with Crippen LogP contribution in [-0.4, -0.2) is 11.7 Å². The van der Waals surface area contributed by atoms with E-state index >= 15 is 0 Å². The molecule has 0 spiro atoms. The lowest BCUT2D eigenvalue weighted by atomic mass is 10.1. The van der Waals surface area contributed by atoms with Gasteiger partial charge in [0.25, 0.3) is 0 Å². The van der Waals surface area contributed by atoms with Gasteiger partial charge in [-0.3, -0.25) is 10.8 Å². The lowest BCUT2D eigenvalue weighted by Crippen LogP contribution is -2.10. The molecular weight excluding hydrogens is 140 g/mol. The van der Waals surface area contributed by atoms with Crippen LogP contribution in [-0.2, 0) is 0 Å². The summed E-state index contributed by atoms with van der Waals surface area (Å²) in [5.41, 5.74) is 10.3. The highest BCUT2D eigenvalue weighted by molar-refractivity contribution is 5.77. The summed E-state index contributed by atoms with van der Waals surface area (Å²) in [5.74, 6) is 0.487. The van der Waals surface area contributed by atoms with E-state index in [4.69, 9.17) is 22.3 Å². The zero-order chi connectivity index (χ0) is 8.69. The molecular formula is C7H16N4. The molecule has 4 heteroatoms. The number of hydrogen-bond donors (Lipinski definition) is 4. The van der Waals surface area contributed by atoms with E-state index in [1.165, 1.54) is 0 Å². The third kappa shape index (κ3) is 8.94. The van der Waals surface area contributed by atoms with Gasteiger partial charge in [-0.05, 0) is 12.8 Å². The molecule has 0 aliphatic rings. The molecule has 0 aliphatic heterocycles. The fourth-order valence-electron chi connectivity index (χ4n) is 0.808. The molecule has 64 valence electrons. The van der Waals surface area contributed by atoms with Gasteiger partial charge in [-0.15, -0.1) is 0 Å². The second-order valence-electron chi connectivity index (χ2n) is 2.61. The first kappa shape index (κ1) is 9.94. The Bertz CT molecular complexity index is 125. The van der Waals surface area contributed by atoms with Crippen molar-refractivity contribution in [3.63, 3.8) is 0 Å². The molecule has 0 aromatic carbocycles. The van der Waals surface area contributed by atoms with Crippen LogP contribution >= 0.6 is 0 Å². The molecule has 0 aromatic rings. The Morgan fingerprint density at radius 2 is 1.18 bits per heavy atom. The SMILES string of the molecule is N=C(N)CCCCCC(=N)N. The number of amidine groups is 2. The second-order valence-corrected chi connectivity index (χ2v) is 2.61. The first-order valence-corrected chi connectivity index (χ1v) is 3.78. The van der Waals surface area contributed by atoms with Gasteiger partial charge in [0.2, 0.25) is 0 Å². The largest absolute Gasteiger partial charge is 0.388 e. The van der Waals surface area contributed by atoms with Crippen LogP contribution in [0.15, 0.2) is 0 Å². The monoisotopic (exact) mass is 156 g/mol. The summed E-state index contributed by atoms with van der Waals surface area (Å²) >= 11 is 0. The summed E-state index contributed by atoms with van der Waals surface area (Å²) in [7, 11) is 0. The Balaban J connectivity index is 3.03. The van der Waals surface area contributed by atoms with Gasteiger partial charge in [0.15, 0.2) is 0 Å². The number of hydrogen-bond acceptors (Lipinski definition) is 2. The van der Waals surface area contributed by atoms with Crippen molar-refractivity contribution in [3.8, 4) is 0 Å². The summed E-state index contributed by atoms with van der Waals surface area (Å²) in [4.78, 5) is 0. The smallest absolute Gasteiger partial charge is 0.0905 e. The molecule has 4 nitrogen and oxygen atoms in total. The van der Waals surface area contributed by atoms with Gasteiger partial charge in [-0.2, -0.15) is 0 Å². The van der Waals surface area contributed by atoms with Crippen molar-refractivity contribution in [1.82, 2.24) is 0 Å². The van der Waals surface area contributed by atoms with Crippen LogP contribution in [0.2, 0.25) is 0 Å². The van der Waals surface area contributed by atoms with E-state index in [1.54, 1.807) is 0 Å². The highest BCUT2D eigenvalue weighted by Gasteiger charge is 1.92. The van der Waals surface area contributed by atoms with Crippen molar-refractivity contribution in [2.24, 2.45) is 11.5 Å². The quantitative estimate of drug-likeness (QED) is 0.260. The van der Waals surface area contributed by atoms with Crippen molar-refractivity contribution < 1.29 is 0 Å². The highest BCUT2D eigenvalue weighted by atomic mass is 14.7. The fraction of sp³-hybridized carbons (Fsp3) is 0.714. The molecule has 0 bridgehead atoms. The van der Waals surface area contributed by atoms with Gasteiger partial charge in [0.05, 0.1) is 11.7 Å². The molecule has 0 fully saturated rings. The molecule has 0 amide bonds. The van der Waals surface area contributed by atoms with Crippen LogP contribution < -0.4 is 11.5 Å². The van der Waals surface area contributed by atoms with Crippen LogP contribution in [0.1, 0.15) is 32.1 Å². The highest BCUT2D eigenvalue weighted by Crippen LogP contribution is 2.01. The summed E-state index contributed by atoms with van der Waals surface area (Å²) in [5, 5.41) is 13.9. The molecule has 0 aromatic heterocycles. The van der Waals surface area contributed by atoms with E-state index in [9.17, 15) is 0 Å². The topological polar surface area (TPSA) is 99.7 Å². The van der Waals surface area contributed by atoms with E-state index in [2.05, 4.69) is 0 Å². The molecule has 0 aliphatic carbocycles. The first-order chi connectivity index (χ1) is 5.13. The third-order valence-electron chi connectivity index (χ3n) is 1.39. The van der Waals surface area contributed by atoms with Gasteiger partial charge in [0, 0.05) is 12.8 Å². The molecule has 0 heterocycles. The number of nitrogens with one attached hydrogen (secondary N) is 2. The Morgan fingerprint density at radius 1 is 0.818 bits per heavy atom. The van der Waals surface area contributed by atoms with Crippen molar-refractivity contribution >= 4 is 11.7 Å². The van der Waals surface area contributed by atoms with E-state index in [0.717, 1.165) is 19.3 Å². The predicted octanol–water partition coefficient (Wildman–Crippen LogP) is 0.809. The maximum atomic E-state index is 6.93. The normalized spacial score (nSPS) is 9.45. The first-order valence-electron chi connectivity index (χ1n) is 3.78. The van der Waals surface area contributed by atoms with Gasteiger partial charge < -0.3 is 11.5 Å². The molecule has 0 rings (SSSR count). The minimum atomic E-state index is 0.243. The summed E-state index contributed by atoms with van der Waals surface area (Å²) < 4.78 is 0. The Labute approximate surface area is 67.0 Å². The van der Waals surface area contributed by atoms with E-state index < -0.39 is 0 Å². The molecule has 11 heavy (non-hydrogen) atoms. The lowest BCUT2D eigenvalue weighted by Gasteiger charge is -1.98. The molecule has 0 unspecified atom stereocenters. The zero-order valence-electron chi connectivity index (χ0n) is 6.69. The van der Waals surface area contributed by atoms with Crippen molar-refractivity contribution in [3.05, 3.63) is 0 Å². The van der Waals surface area contributed by atoms with Crippen LogP contribution in [0.3, 0.4) is 0 Å². The molecule has 0 saturated heterocycles. The predicted molar refractivity (Wildman–Crippen MR) is 46.9 cm³/mol. The van der Waals surface area contributed by atoms with Crippen LogP contribution in [0.4, 0.5) is 0 Å².